The number of carbonyl (C=O) groups excluding carboxylic acids is 1. The molecule has 0 saturated carbocycles. The van der Waals surface area contributed by atoms with Gasteiger partial charge < -0.3 is 8.98 Å². The van der Waals surface area contributed by atoms with Gasteiger partial charge in [0.25, 0.3) is 5.69 Å². The minimum atomic E-state index is -0.531. The molecule has 0 fully saturated rings. The lowest BCUT2D eigenvalue weighted by molar-refractivity contribution is -0.384. The van der Waals surface area contributed by atoms with Gasteiger partial charge in [0.05, 0.1) is 16.8 Å². The number of nitro groups is 1. The van der Waals surface area contributed by atoms with Crippen LogP contribution in [0, 0.1) is 17.0 Å². The average molecular weight is 326 g/mol. The molecular weight excluding hydrogens is 312 g/mol. The molecule has 1 N–H and O–H groups in total. The number of nitrogens with one attached hydrogen (secondary N) is 1. The van der Waals surface area contributed by atoms with Crippen molar-refractivity contribution in [1.82, 2.24) is 9.99 Å². The van der Waals surface area contributed by atoms with E-state index in [1.54, 1.807) is 0 Å². The first-order valence-corrected chi connectivity index (χ1v) is 7.09. The summed E-state index contributed by atoms with van der Waals surface area (Å²) in [5.74, 6) is -0.498. The molecule has 1 amide bonds. The molecule has 2 aromatic heterocycles. The van der Waals surface area contributed by atoms with Gasteiger partial charge in [-0.25, -0.2) is 5.43 Å². The van der Waals surface area contributed by atoms with Crippen LogP contribution in [0.1, 0.15) is 21.9 Å². The van der Waals surface area contributed by atoms with Crippen molar-refractivity contribution in [3.63, 3.8) is 0 Å². The summed E-state index contributed by atoms with van der Waals surface area (Å²) in [4.78, 5) is 22.3. The van der Waals surface area contributed by atoms with Crippen molar-refractivity contribution in [2.75, 3.05) is 0 Å². The zero-order valence-corrected chi connectivity index (χ0v) is 13.0. The van der Waals surface area contributed by atoms with Crippen LogP contribution in [0.25, 0.3) is 11.0 Å². The van der Waals surface area contributed by atoms with Gasteiger partial charge >= 0.3 is 5.91 Å². The molecular formula is C16H14N4O4. The Labute approximate surface area is 136 Å². The fourth-order valence-electron chi connectivity index (χ4n) is 2.23. The molecule has 2 heterocycles. The molecule has 0 aliphatic heterocycles. The summed E-state index contributed by atoms with van der Waals surface area (Å²) in [7, 11) is 1.89. The molecule has 0 bridgehead atoms. The number of aromatic nitrogens is 1. The third-order valence-electron chi connectivity index (χ3n) is 3.71. The molecule has 8 nitrogen and oxygen atoms in total. The number of non-ortho nitro benzene ring substituents is 1. The van der Waals surface area contributed by atoms with Gasteiger partial charge in [0.2, 0.25) is 0 Å². The maximum atomic E-state index is 12.1. The number of aryl methyl sites for hydroxylation is 1. The molecule has 1 aromatic carbocycles. The molecule has 122 valence electrons. The van der Waals surface area contributed by atoms with Crippen LogP contribution < -0.4 is 5.43 Å². The average Bonchev–Trinajstić information content (AvgIpc) is 3.12. The van der Waals surface area contributed by atoms with E-state index in [2.05, 4.69) is 10.5 Å². The molecule has 3 rings (SSSR count). The zero-order valence-electron chi connectivity index (χ0n) is 13.0. The second-order valence-corrected chi connectivity index (χ2v) is 5.25. The summed E-state index contributed by atoms with van der Waals surface area (Å²) in [6, 6.07) is 9.40. The Kier molecular flexibility index (Phi) is 3.87. The Hall–Kier alpha value is -3.42. The van der Waals surface area contributed by atoms with E-state index in [1.807, 2.05) is 30.7 Å². The number of nitro benzene ring substituents is 1. The van der Waals surface area contributed by atoms with Crippen molar-refractivity contribution in [2.24, 2.45) is 12.1 Å². The third kappa shape index (κ3) is 2.89. The number of hydrazone groups is 1. The third-order valence-corrected chi connectivity index (χ3v) is 3.71. The van der Waals surface area contributed by atoms with Crippen molar-refractivity contribution >= 4 is 28.8 Å². The van der Waals surface area contributed by atoms with Gasteiger partial charge in [-0.15, -0.1) is 0 Å². The quantitative estimate of drug-likeness (QED) is 0.452. The number of hydrogen-bond donors (Lipinski definition) is 1. The van der Waals surface area contributed by atoms with Gasteiger partial charge in [0.15, 0.2) is 5.76 Å². The van der Waals surface area contributed by atoms with Crippen LogP contribution in [0.15, 0.2) is 45.9 Å². The number of amides is 1. The van der Waals surface area contributed by atoms with Crippen LogP contribution in [0.2, 0.25) is 0 Å². The SMILES string of the molecule is Cc1ccc(/C=N/NC(=O)c2cc3cc([N+](=O)[O-])ccc3o2)n1C. The highest BCUT2D eigenvalue weighted by Gasteiger charge is 2.14. The zero-order chi connectivity index (χ0) is 17.3. The Morgan fingerprint density at radius 1 is 1.33 bits per heavy atom. The molecule has 0 aliphatic carbocycles. The summed E-state index contributed by atoms with van der Waals surface area (Å²) in [5.41, 5.74) is 4.62. The minimum Gasteiger partial charge on any atom is -0.451 e. The van der Waals surface area contributed by atoms with E-state index >= 15 is 0 Å². The van der Waals surface area contributed by atoms with Crippen molar-refractivity contribution < 1.29 is 14.1 Å². The van der Waals surface area contributed by atoms with E-state index in [4.69, 9.17) is 4.42 Å². The molecule has 0 spiro atoms. The number of carbonyl (C=O) groups is 1. The Morgan fingerprint density at radius 2 is 2.12 bits per heavy atom. The van der Waals surface area contributed by atoms with Gasteiger partial charge in [-0.2, -0.15) is 5.10 Å². The van der Waals surface area contributed by atoms with Crippen LogP contribution in [0.4, 0.5) is 5.69 Å². The van der Waals surface area contributed by atoms with Crippen LogP contribution in [0.5, 0.6) is 0 Å². The Balaban J connectivity index is 1.76. The summed E-state index contributed by atoms with van der Waals surface area (Å²) < 4.78 is 7.31. The van der Waals surface area contributed by atoms with Gasteiger partial charge in [0.1, 0.15) is 5.58 Å². The van der Waals surface area contributed by atoms with Crippen LogP contribution in [-0.2, 0) is 7.05 Å². The first-order valence-electron chi connectivity index (χ1n) is 7.09. The predicted octanol–water partition coefficient (Wildman–Crippen LogP) is 2.75. The fourth-order valence-corrected chi connectivity index (χ4v) is 2.23. The van der Waals surface area contributed by atoms with Gasteiger partial charge in [0, 0.05) is 30.3 Å². The van der Waals surface area contributed by atoms with Crippen LogP contribution in [0.3, 0.4) is 0 Å². The standard InChI is InChI=1S/C16H14N4O4/c1-10-3-4-13(19(10)2)9-17-18-16(21)15-8-11-7-12(20(22)23)5-6-14(11)24-15/h3-9H,1-2H3,(H,18,21)/b17-9+. The highest BCUT2D eigenvalue weighted by molar-refractivity contribution is 5.96. The molecule has 0 unspecified atom stereocenters. The molecule has 24 heavy (non-hydrogen) atoms. The lowest BCUT2D eigenvalue weighted by Gasteiger charge is -1.99. The maximum absolute atomic E-state index is 12.1. The summed E-state index contributed by atoms with van der Waals surface area (Å²) in [6.07, 6.45) is 1.53. The highest BCUT2D eigenvalue weighted by Crippen LogP contribution is 2.24. The van der Waals surface area contributed by atoms with Gasteiger partial charge in [-0.1, -0.05) is 0 Å². The van der Waals surface area contributed by atoms with Crippen molar-refractivity contribution in [3.8, 4) is 0 Å². The van der Waals surface area contributed by atoms with Crippen molar-refractivity contribution in [1.29, 1.82) is 0 Å². The summed E-state index contributed by atoms with van der Waals surface area (Å²) in [6.45, 7) is 1.96. The van der Waals surface area contributed by atoms with Crippen molar-refractivity contribution in [3.05, 3.63) is 63.7 Å². The van der Waals surface area contributed by atoms with E-state index in [0.717, 1.165) is 11.4 Å². The predicted molar refractivity (Wildman–Crippen MR) is 88.1 cm³/mol. The van der Waals surface area contributed by atoms with E-state index in [9.17, 15) is 14.9 Å². The maximum Gasteiger partial charge on any atom is 0.307 e. The molecule has 0 radical (unpaired) electrons. The highest BCUT2D eigenvalue weighted by atomic mass is 16.6. The topological polar surface area (TPSA) is 103 Å². The number of rotatable bonds is 4. The number of furan rings is 1. The molecule has 8 heteroatoms. The summed E-state index contributed by atoms with van der Waals surface area (Å²) in [5, 5.41) is 15.1. The van der Waals surface area contributed by atoms with Gasteiger partial charge in [-0.05, 0) is 31.2 Å². The Morgan fingerprint density at radius 3 is 2.79 bits per heavy atom. The van der Waals surface area contributed by atoms with E-state index in [-0.39, 0.29) is 11.4 Å². The normalized spacial score (nSPS) is 11.2. The van der Waals surface area contributed by atoms with Crippen molar-refractivity contribution in [2.45, 2.75) is 6.92 Å². The largest absolute Gasteiger partial charge is 0.451 e. The number of fused-ring (bicyclic) bond motifs is 1. The van der Waals surface area contributed by atoms with E-state index in [0.29, 0.717) is 11.0 Å². The van der Waals surface area contributed by atoms with Crippen LogP contribution in [-0.4, -0.2) is 21.6 Å². The lowest BCUT2D eigenvalue weighted by Crippen LogP contribution is -2.17. The second kappa shape index (κ2) is 5.99. The minimum absolute atomic E-state index is 0.0331. The Bertz CT molecular complexity index is 968. The first-order chi connectivity index (χ1) is 11.5. The van der Waals surface area contributed by atoms with Crippen LogP contribution >= 0.6 is 0 Å². The molecule has 0 saturated heterocycles. The monoisotopic (exact) mass is 326 g/mol. The smallest absolute Gasteiger partial charge is 0.307 e. The second-order valence-electron chi connectivity index (χ2n) is 5.25. The first kappa shape index (κ1) is 15.5. The van der Waals surface area contributed by atoms with E-state index < -0.39 is 10.8 Å². The molecule has 0 atom stereocenters. The number of benzene rings is 1. The number of nitrogens with zero attached hydrogens (tertiary/aromatic N) is 3. The summed E-state index contributed by atoms with van der Waals surface area (Å²) >= 11 is 0. The molecule has 3 aromatic rings. The fraction of sp³-hybridized carbons (Fsp3) is 0.125. The lowest BCUT2D eigenvalue weighted by atomic mass is 10.2. The van der Waals surface area contributed by atoms with E-state index in [1.165, 1.54) is 30.5 Å². The van der Waals surface area contributed by atoms with Gasteiger partial charge in [-0.3, -0.25) is 14.9 Å². The molecule has 0 aliphatic rings. The number of hydrogen-bond acceptors (Lipinski definition) is 5.